The molecule has 1 amide bonds. The number of halogens is 3. The van der Waals surface area contributed by atoms with Crippen molar-refractivity contribution >= 4 is 40.5 Å². The monoisotopic (exact) mass is 330 g/mol. The quantitative estimate of drug-likeness (QED) is 0.849. The van der Waals surface area contributed by atoms with E-state index in [0.29, 0.717) is 22.8 Å². The van der Waals surface area contributed by atoms with E-state index < -0.39 is 5.82 Å². The average molecular weight is 331 g/mol. The van der Waals surface area contributed by atoms with Gasteiger partial charge in [-0.15, -0.1) is 0 Å². The second kappa shape index (κ2) is 5.91. The lowest BCUT2D eigenvalue weighted by Crippen LogP contribution is -2.20. The molecule has 0 fully saturated rings. The van der Waals surface area contributed by atoms with Gasteiger partial charge in [0, 0.05) is 5.69 Å². The Morgan fingerprint density at radius 3 is 2.43 bits per heavy atom. The number of hydrogen-bond donors (Lipinski definition) is 2. The van der Waals surface area contributed by atoms with Gasteiger partial charge in [0.1, 0.15) is 6.54 Å². The molecule has 1 aromatic carbocycles. The van der Waals surface area contributed by atoms with Crippen LogP contribution in [0.2, 0.25) is 10.0 Å². The number of nitrogens with zero attached hydrogens (tertiary/aromatic N) is 2. The van der Waals surface area contributed by atoms with Crippen LogP contribution >= 0.6 is 23.2 Å². The van der Waals surface area contributed by atoms with Crippen molar-refractivity contribution in [2.45, 2.75) is 20.4 Å². The van der Waals surface area contributed by atoms with Crippen molar-refractivity contribution in [2.24, 2.45) is 0 Å². The van der Waals surface area contributed by atoms with Crippen molar-refractivity contribution in [3.63, 3.8) is 0 Å². The first-order valence-corrected chi connectivity index (χ1v) is 6.79. The highest BCUT2D eigenvalue weighted by atomic mass is 35.5. The first-order valence-electron chi connectivity index (χ1n) is 6.03. The predicted octanol–water partition coefficient (Wildman–Crippen LogP) is 3.17. The summed E-state index contributed by atoms with van der Waals surface area (Å²) in [6.07, 6.45) is 0. The molecule has 2 rings (SSSR count). The van der Waals surface area contributed by atoms with Gasteiger partial charge < -0.3 is 11.1 Å². The van der Waals surface area contributed by atoms with E-state index in [1.807, 2.05) is 0 Å². The number of hydrogen-bond acceptors (Lipinski definition) is 3. The molecule has 21 heavy (non-hydrogen) atoms. The van der Waals surface area contributed by atoms with Crippen LogP contribution in [-0.2, 0) is 11.3 Å². The molecule has 1 aromatic heterocycles. The van der Waals surface area contributed by atoms with Crippen molar-refractivity contribution in [3.8, 4) is 0 Å². The van der Waals surface area contributed by atoms with Crippen LogP contribution in [0, 0.1) is 19.7 Å². The van der Waals surface area contributed by atoms with E-state index in [1.165, 1.54) is 16.8 Å². The maximum absolute atomic E-state index is 13.3. The summed E-state index contributed by atoms with van der Waals surface area (Å²) >= 11 is 11.3. The molecule has 3 N–H and O–H groups in total. The Morgan fingerprint density at radius 1 is 1.38 bits per heavy atom. The van der Waals surface area contributed by atoms with Gasteiger partial charge in [-0.05, 0) is 26.0 Å². The first kappa shape index (κ1) is 15.6. The largest absolute Gasteiger partial charge is 0.396 e. The lowest BCUT2D eigenvalue weighted by Gasteiger charge is -2.08. The van der Waals surface area contributed by atoms with E-state index in [2.05, 4.69) is 10.4 Å². The third kappa shape index (κ3) is 3.28. The van der Waals surface area contributed by atoms with Crippen LogP contribution in [-0.4, -0.2) is 15.7 Å². The van der Waals surface area contributed by atoms with Gasteiger partial charge in [0.25, 0.3) is 0 Å². The number of nitrogens with one attached hydrogen (secondary N) is 1. The standard InChI is InChI=1S/C13H13Cl2FN4O/c1-6-13(17)7(2)20(19-6)5-11(21)18-8-3-9(14)12(16)10(15)4-8/h3-4H,5,17H2,1-2H3,(H,18,21). The van der Waals surface area contributed by atoms with Crippen LogP contribution in [0.5, 0.6) is 0 Å². The molecular formula is C13H13Cl2FN4O. The smallest absolute Gasteiger partial charge is 0.246 e. The Balaban J connectivity index is 2.13. The molecule has 5 nitrogen and oxygen atoms in total. The normalized spacial score (nSPS) is 10.7. The third-order valence-electron chi connectivity index (χ3n) is 3.00. The van der Waals surface area contributed by atoms with Crippen molar-refractivity contribution in [3.05, 3.63) is 39.4 Å². The summed E-state index contributed by atoms with van der Waals surface area (Å²) in [6, 6.07) is 2.58. The number of anilines is 2. The van der Waals surface area contributed by atoms with Crippen LogP contribution in [0.25, 0.3) is 0 Å². The minimum Gasteiger partial charge on any atom is -0.396 e. The van der Waals surface area contributed by atoms with Gasteiger partial charge in [-0.3, -0.25) is 9.48 Å². The minimum absolute atomic E-state index is 0.0174. The molecule has 0 spiro atoms. The molecule has 0 bridgehead atoms. The lowest BCUT2D eigenvalue weighted by molar-refractivity contribution is -0.116. The summed E-state index contributed by atoms with van der Waals surface area (Å²) in [6.45, 7) is 3.51. The van der Waals surface area contributed by atoms with Gasteiger partial charge in [-0.1, -0.05) is 23.2 Å². The summed E-state index contributed by atoms with van der Waals surface area (Å²) in [5.41, 5.74) is 8.02. The van der Waals surface area contributed by atoms with Gasteiger partial charge in [-0.2, -0.15) is 5.10 Å². The number of aromatic nitrogens is 2. The molecule has 8 heteroatoms. The number of benzene rings is 1. The molecule has 0 unspecified atom stereocenters. The molecule has 1 heterocycles. The Morgan fingerprint density at radius 2 is 1.95 bits per heavy atom. The predicted molar refractivity (Wildman–Crippen MR) is 81.2 cm³/mol. The molecule has 112 valence electrons. The Kier molecular flexibility index (Phi) is 4.39. The first-order chi connectivity index (χ1) is 9.79. The van der Waals surface area contributed by atoms with E-state index in [0.717, 1.165) is 0 Å². The maximum Gasteiger partial charge on any atom is 0.246 e. The van der Waals surface area contributed by atoms with Crippen LogP contribution in [0.4, 0.5) is 15.8 Å². The molecule has 0 saturated carbocycles. The van der Waals surface area contributed by atoms with Crippen molar-refractivity contribution in [2.75, 3.05) is 11.1 Å². The van der Waals surface area contributed by atoms with Gasteiger partial charge >= 0.3 is 0 Å². The second-order valence-corrected chi connectivity index (χ2v) is 5.36. The summed E-state index contributed by atoms with van der Waals surface area (Å²) in [5.74, 6) is -1.07. The highest BCUT2D eigenvalue weighted by Gasteiger charge is 2.13. The summed E-state index contributed by atoms with van der Waals surface area (Å²) in [4.78, 5) is 12.0. The fourth-order valence-corrected chi connectivity index (χ4v) is 2.32. The van der Waals surface area contributed by atoms with Crippen LogP contribution in [0.3, 0.4) is 0 Å². The summed E-state index contributed by atoms with van der Waals surface area (Å²) < 4.78 is 14.8. The molecule has 0 aliphatic heterocycles. The number of nitrogen functional groups attached to an aromatic ring is 1. The molecule has 0 saturated heterocycles. The zero-order valence-corrected chi connectivity index (χ0v) is 12.9. The number of carbonyl (C=O) groups excluding carboxylic acids is 1. The molecular weight excluding hydrogens is 318 g/mol. The number of rotatable bonds is 3. The molecule has 0 aliphatic rings. The van der Waals surface area contributed by atoms with E-state index in [9.17, 15) is 9.18 Å². The van der Waals surface area contributed by atoms with Gasteiger partial charge in [0.15, 0.2) is 5.82 Å². The zero-order chi connectivity index (χ0) is 15.7. The van der Waals surface area contributed by atoms with Crippen LogP contribution in [0.1, 0.15) is 11.4 Å². The molecule has 0 atom stereocenters. The maximum atomic E-state index is 13.3. The topological polar surface area (TPSA) is 72.9 Å². The lowest BCUT2D eigenvalue weighted by atomic mass is 10.3. The average Bonchev–Trinajstić information content (AvgIpc) is 2.63. The van der Waals surface area contributed by atoms with E-state index in [1.54, 1.807) is 13.8 Å². The summed E-state index contributed by atoms with van der Waals surface area (Å²) in [7, 11) is 0. The van der Waals surface area contributed by atoms with Crippen molar-refractivity contribution < 1.29 is 9.18 Å². The Labute approximate surface area is 130 Å². The number of nitrogens with two attached hydrogens (primary N) is 1. The van der Waals surface area contributed by atoms with E-state index in [-0.39, 0.29) is 22.5 Å². The van der Waals surface area contributed by atoms with Gasteiger partial charge in [0.2, 0.25) is 5.91 Å². The number of carbonyl (C=O) groups is 1. The van der Waals surface area contributed by atoms with E-state index >= 15 is 0 Å². The molecule has 2 aromatic rings. The summed E-state index contributed by atoms with van der Waals surface area (Å²) in [5, 5.41) is 6.42. The molecule has 0 radical (unpaired) electrons. The highest BCUT2D eigenvalue weighted by molar-refractivity contribution is 6.35. The third-order valence-corrected chi connectivity index (χ3v) is 3.55. The number of amides is 1. The second-order valence-electron chi connectivity index (χ2n) is 4.54. The van der Waals surface area contributed by atoms with Crippen LogP contribution in [0.15, 0.2) is 12.1 Å². The fourth-order valence-electron chi connectivity index (χ4n) is 1.83. The van der Waals surface area contributed by atoms with Crippen LogP contribution < -0.4 is 11.1 Å². The Bertz CT molecular complexity index is 691. The Hall–Kier alpha value is -1.79. The highest BCUT2D eigenvalue weighted by Crippen LogP contribution is 2.27. The van der Waals surface area contributed by atoms with Crippen molar-refractivity contribution in [1.82, 2.24) is 9.78 Å². The van der Waals surface area contributed by atoms with Gasteiger partial charge in [-0.25, -0.2) is 4.39 Å². The molecule has 0 aliphatic carbocycles. The number of aryl methyl sites for hydroxylation is 1. The van der Waals surface area contributed by atoms with Crippen molar-refractivity contribution in [1.29, 1.82) is 0 Å². The fraction of sp³-hybridized carbons (Fsp3) is 0.231. The van der Waals surface area contributed by atoms with Gasteiger partial charge in [0.05, 0.1) is 27.1 Å². The minimum atomic E-state index is -0.720. The SMILES string of the molecule is Cc1nn(CC(=O)Nc2cc(Cl)c(F)c(Cl)c2)c(C)c1N. The zero-order valence-electron chi connectivity index (χ0n) is 11.4. The van der Waals surface area contributed by atoms with E-state index in [4.69, 9.17) is 28.9 Å².